The molecule has 3 N–H and O–H groups in total. The van der Waals surface area contributed by atoms with Crippen LogP contribution in [0.25, 0.3) is 0 Å². The van der Waals surface area contributed by atoms with Gasteiger partial charge >= 0.3 is 0 Å². The van der Waals surface area contributed by atoms with Crippen LogP contribution in [0.4, 0.5) is 5.69 Å². The predicted molar refractivity (Wildman–Crippen MR) is 81.7 cm³/mol. The molecule has 0 saturated heterocycles. The molecule has 0 radical (unpaired) electrons. The molecule has 0 amide bonds. The summed E-state index contributed by atoms with van der Waals surface area (Å²) >= 11 is 7.10. The molecule has 20 heavy (non-hydrogen) atoms. The van der Waals surface area contributed by atoms with E-state index >= 15 is 0 Å². The van der Waals surface area contributed by atoms with Crippen molar-refractivity contribution in [2.45, 2.75) is 25.3 Å². The van der Waals surface area contributed by atoms with Crippen molar-refractivity contribution >= 4 is 38.6 Å². The van der Waals surface area contributed by atoms with Gasteiger partial charge < -0.3 is 5.32 Å². The van der Waals surface area contributed by atoms with E-state index in [0.29, 0.717) is 16.7 Å². The van der Waals surface area contributed by atoms with Gasteiger partial charge in [0.25, 0.3) is 0 Å². The van der Waals surface area contributed by atoms with Gasteiger partial charge in [-0.25, -0.2) is 18.5 Å². The highest BCUT2D eigenvalue weighted by Crippen LogP contribution is 2.27. The number of nitrogens with two attached hydrogens (primary N) is 1. The third-order valence-electron chi connectivity index (χ3n) is 2.71. The third-order valence-corrected chi connectivity index (χ3v) is 4.76. The molecule has 0 fully saturated rings. The summed E-state index contributed by atoms with van der Waals surface area (Å²) in [6, 6.07) is 3.46. The molecule has 0 bridgehead atoms. The smallest absolute Gasteiger partial charge is 0.240 e. The maximum absolute atomic E-state index is 11.7. The molecule has 1 aromatic heterocycles. The van der Waals surface area contributed by atoms with Crippen LogP contribution in [0.3, 0.4) is 0 Å². The zero-order valence-corrected chi connectivity index (χ0v) is 13.4. The number of anilines is 1. The van der Waals surface area contributed by atoms with Crippen LogP contribution >= 0.6 is 22.9 Å². The Bertz CT molecular complexity index is 741. The molecule has 5 nitrogen and oxygen atoms in total. The van der Waals surface area contributed by atoms with Crippen LogP contribution in [-0.2, 0) is 16.6 Å². The lowest BCUT2D eigenvalue weighted by molar-refractivity contribution is 0.598. The van der Waals surface area contributed by atoms with Gasteiger partial charge in [-0.05, 0) is 31.0 Å². The quantitative estimate of drug-likeness (QED) is 0.902. The standard InChI is InChI=1S/C12H14ClN3O2S2/c1-7-3-8(2)11(10(4-7)20(14,17)18)15-5-9-6-16-12(13)19-9/h3-4,6,15H,5H2,1-2H3,(H2,14,17,18). The fourth-order valence-corrected chi connectivity index (χ4v) is 3.71. The fourth-order valence-electron chi connectivity index (χ4n) is 1.92. The molecule has 0 atom stereocenters. The molecular weight excluding hydrogens is 318 g/mol. The molecule has 1 heterocycles. The van der Waals surface area contributed by atoms with E-state index in [1.54, 1.807) is 12.3 Å². The fraction of sp³-hybridized carbons (Fsp3) is 0.250. The first kappa shape index (κ1) is 15.2. The number of rotatable bonds is 4. The van der Waals surface area contributed by atoms with Crippen molar-refractivity contribution in [2.75, 3.05) is 5.32 Å². The molecule has 0 unspecified atom stereocenters. The van der Waals surface area contributed by atoms with Gasteiger partial charge in [0.05, 0.1) is 12.2 Å². The molecule has 0 aliphatic rings. The number of sulfonamides is 1. The van der Waals surface area contributed by atoms with Crippen molar-refractivity contribution in [1.29, 1.82) is 0 Å². The van der Waals surface area contributed by atoms with E-state index in [-0.39, 0.29) is 4.90 Å². The van der Waals surface area contributed by atoms with Crippen LogP contribution < -0.4 is 10.5 Å². The summed E-state index contributed by atoms with van der Waals surface area (Å²) in [6.45, 7) is 4.11. The van der Waals surface area contributed by atoms with Crippen LogP contribution in [0.15, 0.2) is 23.2 Å². The number of benzene rings is 1. The first-order valence-electron chi connectivity index (χ1n) is 5.75. The van der Waals surface area contributed by atoms with Crippen LogP contribution in [0, 0.1) is 13.8 Å². The van der Waals surface area contributed by atoms with Gasteiger partial charge in [-0.3, -0.25) is 0 Å². The van der Waals surface area contributed by atoms with Gasteiger partial charge in [0.2, 0.25) is 10.0 Å². The Hall–Kier alpha value is -1.15. The molecule has 0 aliphatic heterocycles. The Morgan fingerprint density at radius 1 is 1.40 bits per heavy atom. The molecule has 0 aliphatic carbocycles. The lowest BCUT2D eigenvalue weighted by atomic mass is 10.1. The summed E-state index contributed by atoms with van der Waals surface area (Å²) in [6.07, 6.45) is 1.65. The minimum absolute atomic E-state index is 0.102. The SMILES string of the molecule is Cc1cc(C)c(NCc2cnc(Cl)s2)c(S(N)(=O)=O)c1. The van der Waals surface area contributed by atoms with Crippen LogP contribution in [0.5, 0.6) is 0 Å². The number of nitrogens with zero attached hydrogens (tertiary/aromatic N) is 1. The number of thiazole rings is 1. The molecule has 2 rings (SSSR count). The van der Waals surface area contributed by atoms with Gasteiger partial charge in [-0.1, -0.05) is 17.7 Å². The minimum atomic E-state index is -3.78. The number of halogens is 1. The Labute approximate surface area is 126 Å². The summed E-state index contributed by atoms with van der Waals surface area (Å²) in [5, 5.41) is 8.37. The van der Waals surface area contributed by atoms with Gasteiger partial charge in [0.15, 0.2) is 4.47 Å². The van der Waals surface area contributed by atoms with Crippen LogP contribution in [0.1, 0.15) is 16.0 Å². The van der Waals surface area contributed by atoms with E-state index in [1.807, 2.05) is 19.9 Å². The Morgan fingerprint density at radius 2 is 2.10 bits per heavy atom. The van der Waals surface area contributed by atoms with E-state index in [9.17, 15) is 8.42 Å². The van der Waals surface area contributed by atoms with Crippen LogP contribution in [-0.4, -0.2) is 13.4 Å². The van der Waals surface area contributed by atoms with Gasteiger partial charge in [0, 0.05) is 11.1 Å². The van der Waals surface area contributed by atoms with Gasteiger partial charge in [-0.2, -0.15) is 0 Å². The number of nitrogens with one attached hydrogen (secondary N) is 1. The monoisotopic (exact) mass is 331 g/mol. The summed E-state index contributed by atoms with van der Waals surface area (Å²) in [5.41, 5.74) is 2.19. The summed E-state index contributed by atoms with van der Waals surface area (Å²) in [7, 11) is -3.78. The number of aryl methyl sites for hydroxylation is 2. The van der Waals surface area contributed by atoms with E-state index in [2.05, 4.69) is 10.3 Å². The average molecular weight is 332 g/mol. The largest absolute Gasteiger partial charge is 0.379 e. The molecule has 108 valence electrons. The summed E-state index contributed by atoms with van der Waals surface area (Å²) < 4.78 is 23.8. The van der Waals surface area contributed by atoms with Crippen molar-refractivity contribution in [1.82, 2.24) is 4.98 Å². The highest BCUT2D eigenvalue weighted by Gasteiger charge is 2.16. The number of hydrogen-bond donors (Lipinski definition) is 2. The normalized spacial score (nSPS) is 11.6. The average Bonchev–Trinajstić information content (AvgIpc) is 2.72. The van der Waals surface area contributed by atoms with Crippen LogP contribution in [0.2, 0.25) is 4.47 Å². The first-order chi connectivity index (χ1) is 9.27. The Balaban J connectivity index is 2.35. The minimum Gasteiger partial charge on any atom is -0.379 e. The highest BCUT2D eigenvalue weighted by atomic mass is 35.5. The molecule has 8 heteroatoms. The first-order valence-corrected chi connectivity index (χ1v) is 8.49. The Kier molecular flexibility index (Phi) is 4.33. The Morgan fingerprint density at radius 3 is 2.65 bits per heavy atom. The van der Waals surface area contributed by atoms with Crippen molar-refractivity contribution in [3.63, 3.8) is 0 Å². The van der Waals surface area contributed by atoms with Crippen molar-refractivity contribution in [3.05, 3.63) is 38.8 Å². The van der Waals surface area contributed by atoms with Crippen molar-refractivity contribution in [3.8, 4) is 0 Å². The van der Waals surface area contributed by atoms with Gasteiger partial charge in [-0.15, -0.1) is 11.3 Å². The second-order valence-corrected chi connectivity index (χ2v) is 7.66. The zero-order valence-electron chi connectivity index (χ0n) is 11.0. The molecule has 1 aromatic carbocycles. The lowest BCUT2D eigenvalue weighted by Crippen LogP contribution is -2.16. The third kappa shape index (κ3) is 3.49. The second kappa shape index (κ2) is 5.69. The maximum atomic E-state index is 11.7. The summed E-state index contributed by atoms with van der Waals surface area (Å²) in [4.78, 5) is 4.95. The van der Waals surface area contributed by atoms with Crippen molar-refractivity contribution < 1.29 is 8.42 Å². The zero-order chi connectivity index (χ0) is 14.9. The topological polar surface area (TPSA) is 85.1 Å². The summed E-state index contributed by atoms with van der Waals surface area (Å²) in [5.74, 6) is 0. The molecule has 0 spiro atoms. The highest BCUT2D eigenvalue weighted by molar-refractivity contribution is 7.89. The number of primary sulfonamides is 1. The lowest BCUT2D eigenvalue weighted by Gasteiger charge is -2.14. The number of hydrogen-bond acceptors (Lipinski definition) is 5. The maximum Gasteiger partial charge on any atom is 0.240 e. The predicted octanol–water partition coefficient (Wildman–Crippen LogP) is 2.67. The van der Waals surface area contributed by atoms with Crippen molar-refractivity contribution in [2.24, 2.45) is 5.14 Å². The van der Waals surface area contributed by atoms with E-state index in [0.717, 1.165) is 16.0 Å². The molecule has 2 aromatic rings. The van der Waals surface area contributed by atoms with Gasteiger partial charge in [0.1, 0.15) is 4.90 Å². The van der Waals surface area contributed by atoms with E-state index < -0.39 is 10.0 Å². The second-order valence-electron chi connectivity index (χ2n) is 4.43. The van der Waals surface area contributed by atoms with E-state index in [4.69, 9.17) is 16.7 Å². The van der Waals surface area contributed by atoms with E-state index in [1.165, 1.54) is 11.3 Å². The number of aromatic nitrogens is 1. The molecule has 0 saturated carbocycles. The molecular formula is C12H14ClN3O2S2.